The average Bonchev–Trinajstić information content (AvgIpc) is 3.26. The molecule has 4 rings (SSSR count). The molecule has 0 radical (unpaired) electrons. The third-order valence-electron chi connectivity index (χ3n) is 5.26. The summed E-state index contributed by atoms with van der Waals surface area (Å²) in [5, 5.41) is 1.51. The molecule has 0 unspecified atom stereocenters. The summed E-state index contributed by atoms with van der Waals surface area (Å²) in [4.78, 5) is 21.2. The number of fused-ring (bicyclic) bond motifs is 1. The van der Waals surface area contributed by atoms with Crippen LogP contribution >= 0.6 is 34.7 Å². The summed E-state index contributed by atoms with van der Waals surface area (Å²) in [5.74, 6) is 0.991. The number of anilines is 1. The van der Waals surface area contributed by atoms with Gasteiger partial charge in [-0.1, -0.05) is 65.4 Å². The van der Waals surface area contributed by atoms with Crippen LogP contribution in [0.4, 0.5) is 5.13 Å². The smallest absolute Gasteiger partial charge is 0.229 e. The Kier molecular flexibility index (Phi) is 7.51. The maximum absolute atomic E-state index is 13.3. The lowest BCUT2D eigenvalue weighted by Crippen LogP contribution is -2.30. The number of hydrogen-bond acceptors (Lipinski definition) is 4. The minimum atomic E-state index is 0.111. The Bertz CT molecular complexity index is 1170. The van der Waals surface area contributed by atoms with Crippen molar-refractivity contribution in [3.05, 3.63) is 88.4 Å². The summed E-state index contributed by atoms with van der Waals surface area (Å²) in [6.07, 6.45) is 1.29. The summed E-state index contributed by atoms with van der Waals surface area (Å²) in [6.45, 7) is 4.70. The molecule has 0 N–H and O–H groups in total. The predicted molar refractivity (Wildman–Crippen MR) is 138 cm³/mol. The van der Waals surface area contributed by atoms with Crippen LogP contribution < -0.4 is 4.90 Å². The summed E-state index contributed by atoms with van der Waals surface area (Å²) >= 11 is 9.31. The Morgan fingerprint density at radius 3 is 2.44 bits per heavy atom. The summed E-state index contributed by atoms with van der Waals surface area (Å²) in [5.41, 5.74) is 4.43. The van der Waals surface area contributed by atoms with E-state index in [1.165, 1.54) is 10.5 Å². The van der Waals surface area contributed by atoms with Gasteiger partial charge < -0.3 is 0 Å². The van der Waals surface area contributed by atoms with E-state index in [1.54, 1.807) is 23.1 Å². The van der Waals surface area contributed by atoms with E-state index in [4.69, 9.17) is 16.6 Å². The first-order valence-electron chi connectivity index (χ1n) is 10.6. The van der Waals surface area contributed by atoms with Gasteiger partial charge in [-0.25, -0.2) is 4.98 Å². The van der Waals surface area contributed by atoms with Crippen LogP contribution in [0.5, 0.6) is 0 Å². The van der Waals surface area contributed by atoms with Crippen LogP contribution in [0.25, 0.3) is 10.2 Å². The Morgan fingerprint density at radius 2 is 1.72 bits per heavy atom. The molecular formula is C26H25ClN2OS2. The fraction of sp³-hybridized carbons (Fsp3) is 0.231. The van der Waals surface area contributed by atoms with Gasteiger partial charge in [0.15, 0.2) is 5.13 Å². The number of thioether (sulfide) groups is 1. The van der Waals surface area contributed by atoms with Gasteiger partial charge >= 0.3 is 0 Å². The van der Waals surface area contributed by atoms with Crippen molar-refractivity contribution in [3.8, 4) is 0 Å². The zero-order valence-corrected chi connectivity index (χ0v) is 20.6. The Morgan fingerprint density at radius 1 is 1.00 bits per heavy atom. The zero-order chi connectivity index (χ0) is 22.5. The van der Waals surface area contributed by atoms with E-state index < -0.39 is 0 Å². The molecule has 0 fully saturated rings. The first-order chi connectivity index (χ1) is 15.5. The molecule has 1 heterocycles. The molecule has 4 aromatic rings. The summed E-state index contributed by atoms with van der Waals surface area (Å²) < 4.78 is 1.16. The average molecular weight is 481 g/mol. The highest BCUT2D eigenvalue weighted by atomic mass is 35.5. The molecule has 0 saturated carbocycles. The van der Waals surface area contributed by atoms with Crippen molar-refractivity contribution in [2.24, 2.45) is 0 Å². The zero-order valence-electron chi connectivity index (χ0n) is 18.2. The Labute approximate surface area is 202 Å². The van der Waals surface area contributed by atoms with Crippen molar-refractivity contribution in [3.63, 3.8) is 0 Å². The van der Waals surface area contributed by atoms with E-state index in [9.17, 15) is 4.79 Å². The summed E-state index contributed by atoms with van der Waals surface area (Å²) in [6, 6.07) is 22.2. The Balaban J connectivity index is 1.50. The highest BCUT2D eigenvalue weighted by molar-refractivity contribution is 7.99. The van der Waals surface area contributed by atoms with Crippen LogP contribution in [-0.4, -0.2) is 16.6 Å². The lowest BCUT2D eigenvalue weighted by Gasteiger charge is -2.20. The minimum absolute atomic E-state index is 0.111. The number of carbonyl (C=O) groups is 1. The first kappa shape index (κ1) is 22.8. The van der Waals surface area contributed by atoms with E-state index in [0.29, 0.717) is 13.0 Å². The van der Waals surface area contributed by atoms with E-state index in [-0.39, 0.29) is 5.91 Å². The minimum Gasteiger partial charge on any atom is -0.284 e. The van der Waals surface area contributed by atoms with Gasteiger partial charge in [0.05, 0.1) is 16.8 Å². The molecule has 1 amide bonds. The molecule has 0 bridgehead atoms. The molecular weight excluding hydrogens is 456 g/mol. The van der Waals surface area contributed by atoms with Gasteiger partial charge in [0, 0.05) is 16.3 Å². The van der Waals surface area contributed by atoms with Gasteiger partial charge in [0.25, 0.3) is 0 Å². The molecule has 3 aromatic carbocycles. The third kappa shape index (κ3) is 5.52. The monoisotopic (exact) mass is 480 g/mol. The molecule has 0 saturated heterocycles. The number of benzene rings is 3. The number of thiazole rings is 1. The summed E-state index contributed by atoms with van der Waals surface area (Å²) in [7, 11) is 0. The normalized spacial score (nSPS) is 11.1. The maximum atomic E-state index is 13.3. The standard InChI is InChI=1S/C26H25ClN2OS2/c1-18-10-11-19(2)25-24(18)28-26(32-25)29(17-20-7-4-3-5-8-20)23(30)9-6-16-31-22-14-12-21(27)13-15-22/h3-5,7-8,10-15H,6,9,16-17H2,1-2H3. The number of carbonyl (C=O) groups excluding carboxylic acids is 1. The van der Waals surface area contributed by atoms with Crippen molar-refractivity contribution in [2.75, 3.05) is 10.7 Å². The molecule has 1 aromatic heterocycles. The van der Waals surface area contributed by atoms with Crippen LogP contribution in [-0.2, 0) is 11.3 Å². The SMILES string of the molecule is Cc1ccc(C)c2sc(N(Cc3ccccc3)C(=O)CCCSc3ccc(Cl)cc3)nc12. The van der Waals surface area contributed by atoms with Crippen LogP contribution in [0.2, 0.25) is 5.02 Å². The van der Waals surface area contributed by atoms with Crippen LogP contribution in [0.3, 0.4) is 0 Å². The van der Waals surface area contributed by atoms with Crippen molar-refractivity contribution in [2.45, 2.75) is 38.1 Å². The second kappa shape index (κ2) is 10.5. The van der Waals surface area contributed by atoms with Gasteiger partial charge in [0.1, 0.15) is 0 Å². The number of nitrogens with zero attached hydrogens (tertiary/aromatic N) is 2. The topological polar surface area (TPSA) is 33.2 Å². The maximum Gasteiger partial charge on any atom is 0.229 e. The molecule has 6 heteroatoms. The molecule has 0 aliphatic carbocycles. The first-order valence-corrected chi connectivity index (χ1v) is 12.8. The number of aryl methyl sites for hydroxylation is 2. The van der Waals surface area contributed by atoms with E-state index in [2.05, 4.69) is 38.1 Å². The van der Waals surface area contributed by atoms with E-state index >= 15 is 0 Å². The van der Waals surface area contributed by atoms with Crippen LogP contribution in [0.1, 0.15) is 29.5 Å². The van der Waals surface area contributed by atoms with Gasteiger partial charge in [0.2, 0.25) is 5.91 Å². The predicted octanol–water partition coefficient (Wildman–Crippen LogP) is 7.67. The number of aromatic nitrogens is 1. The Hall–Kier alpha value is -2.34. The highest BCUT2D eigenvalue weighted by Crippen LogP contribution is 2.34. The van der Waals surface area contributed by atoms with Crippen molar-refractivity contribution < 1.29 is 4.79 Å². The van der Waals surface area contributed by atoms with Crippen molar-refractivity contribution in [1.29, 1.82) is 0 Å². The fourth-order valence-corrected chi connectivity index (χ4v) is 5.58. The molecule has 0 aliphatic rings. The molecule has 32 heavy (non-hydrogen) atoms. The van der Waals surface area contributed by atoms with Crippen molar-refractivity contribution >= 4 is 56.0 Å². The fourth-order valence-electron chi connectivity index (χ4n) is 3.47. The van der Waals surface area contributed by atoms with Gasteiger partial charge in [-0.3, -0.25) is 9.69 Å². The molecule has 3 nitrogen and oxygen atoms in total. The molecule has 0 aliphatic heterocycles. The quantitative estimate of drug-likeness (QED) is 0.191. The van der Waals surface area contributed by atoms with Crippen LogP contribution in [0.15, 0.2) is 71.6 Å². The third-order valence-corrected chi connectivity index (χ3v) is 7.83. The molecule has 0 spiro atoms. The number of halogens is 1. The number of amides is 1. The van der Waals surface area contributed by atoms with Crippen LogP contribution in [0, 0.1) is 13.8 Å². The van der Waals surface area contributed by atoms with E-state index in [0.717, 1.165) is 43.7 Å². The number of hydrogen-bond donors (Lipinski definition) is 0. The lowest BCUT2D eigenvalue weighted by atomic mass is 10.1. The highest BCUT2D eigenvalue weighted by Gasteiger charge is 2.21. The second-order valence-corrected chi connectivity index (χ2v) is 10.3. The van der Waals surface area contributed by atoms with Gasteiger partial charge in [-0.15, -0.1) is 11.8 Å². The largest absolute Gasteiger partial charge is 0.284 e. The molecule has 164 valence electrons. The van der Waals surface area contributed by atoms with E-state index in [1.807, 2.05) is 47.4 Å². The number of rotatable bonds is 8. The van der Waals surface area contributed by atoms with Crippen molar-refractivity contribution in [1.82, 2.24) is 4.98 Å². The lowest BCUT2D eigenvalue weighted by molar-refractivity contribution is -0.118. The van der Waals surface area contributed by atoms with Gasteiger partial charge in [-0.05, 0) is 67.0 Å². The van der Waals surface area contributed by atoms with Gasteiger partial charge in [-0.2, -0.15) is 0 Å². The second-order valence-electron chi connectivity index (χ2n) is 7.74. The molecule has 0 atom stereocenters.